The van der Waals surface area contributed by atoms with Gasteiger partial charge in [0, 0.05) is 23.4 Å². The van der Waals surface area contributed by atoms with E-state index in [-0.39, 0.29) is 22.8 Å². The molecule has 7 nitrogen and oxygen atoms in total. The van der Waals surface area contributed by atoms with E-state index in [1.165, 1.54) is 11.8 Å². The van der Waals surface area contributed by atoms with Crippen molar-refractivity contribution in [1.29, 1.82) is 0 Å². The number of furan rings is 1. The van der Waals surface area contributed by atoms with E-state index in [1.54, 1.807) is 18.1 Å². The third-order valence-electron chi connectivity index (χ3n) is 5.08. The van der Waals surface area contributed by atoms with Gasteiger partial charge in [-0.25, -0.2) is 0 Å². The predicted octanol–water partition coefficient (Wildman–Crippen LogP) is 4.03. The molecule has 1 unspecified atom stereocenters. The van der Waals surface area contributed by atoms with Crippen LogP contribution in [0, 0.1) is 0 Å². The highest BCUT2D eigenvalue weighted by Gasteiger charge is 2.28. The van der Waals surface area contributed by atoms with Gasteiger partial charge in [-0.1, -0.05) is 12.1 Å². The molecule has 31 heavy (non-hydrogen) atoms. The molecule has 1 saturated heterocycles. The van der Waals surface area contributed by atoms with Crippen molar-refractivity contribution in [3.8, 4) is 5.75 Å². The fourth-order valence-electron chi connectivity index (χ4n) is 3.37. The first-order valence-corrected chi connectivity index (χ1v) is 10.9. The smallest absolute Gasteiger partial charge is 0.291 e. The Bertz CT molecular complexity index is 1070. The Morgan fingerprint density at radius 1 is 1.10 bits per heavy atom. The molecule has 8 heteroatoms. The van der Waals surface area contributed by atoms with E-state index in [9.17, 15) is 9.59 Å². The van der Waals surface area contributed by atoms with Crippen molar-refractivity contribution >= 4 is 40.2 Å². The third-order valence-corrected chi connectivity index (χ3v) is 6.19. The van der Waals surface area contributed by atoms with Gasteiger partial charge < -0.3 is 24.1 Å². The first-order valence-electron chi connectivity index (χ1n) is 10.1. The number of thioether (sulfide) groups is 1. The van der Waals surface area contributed by atoms with Crippen LogP contribution in [-0.2, 0) is 9.53 Å². The van der Waals surface area contributed by atoms with E-state index in [0.717, 1.165) is 10.6 Å². The molecule has 2 aromatic carbocycles. The Hall–Kier alpha value is -2.97. The summed E-state index contributed by atoms with van der Waals surface area (Å²) in [7, 11) is 1.61. The number of nitrogens with zero attached hydrogens (tertiary/aromatic N) is 1. The summed E-state index contributed by atoms with van der Waals surface area (Å²) >= 11 is 1.43. The molecule has 2 amide bonds. The summed E-state index contributed by atoms with van der Waals surface area (Å²) in [5.74, 6) is 0.462. The third kappa shape index (κ3) is 4.70. The molecule has 1 fully saturated rings. The minimum Gasteiger partial charge on any atom is -0.497 e. The molecule has 1 N–H and O–H groups in total. The molecule has 0 bridgehead atoms. The maximum Gasteiger partial charge on any atom is 0.291 e. The fraction of sp³-hybridized carbons (Fsp3) is 0.304. The number of methoxy groups -OCH3 is 1. The van der Waals surface area contributed by atoms with E-state index in [4.69, 9.17) is 13.9 Å². The van der Waals surface area contributed by atoms with Crippen molar-refractivity contribution in [2.45, 2.75) is 17.1 Å². The molecule has 1 aromatic heterocycles. The Morgan fingerprint density at radius 2 is 1.81 bits per heavy atom. The SMILES string of the molecule is COc1ccc(SC(C)C(=O)Nc2c(C(=O)N3CCOCC3)oc3ccccc23)cc1. The number of hydrogen-bond acceptors (Lipinski definition) is 6. The van der Waals surface area contributed by atoms with E-state index in [2.05, 4.69) is 5.32 Å². The molecule has 1 aliphatic rings. The second-order valence-electron chi connectivity index (χ2n) is 7.13. The number of carbonyl (C=O) groups excluding carboxylic acids is 2. The monoisotopic (exact) mass is 440 g/mol. The molecule has 0 radical (unpaired) electrons. The number of nitrogens with one attached hydrogen (secondary N) is 1. The lowest BCUT2D eigenvalue weighted by Gasteiger charge is -2.26. The molecule has 0 spiro atoms. The summed E-state index contributed by atoms with van der Waals surface area (Å²) in [6.07, 6.45) is 0. The van der Waals surface area contributed by atoms with Gasteiger partial charge in [-0.3, -0.25) is 9.59 Å². The normalized spacial score (nSPS) is 15.0. The number of carbonyl (C=O) groups is 2. The van der Waals surface area contributed by atoms with Gasteiger partial charge in [-0.15, -0.1) is 11.8 Å². The number of ether oxygens (including phenoxy) is 2. The summed E-state index contributed by atoms with van der Waals surface area (Å²) < 4.78 is 16.4. The first-order chi connectivity index (χ1) is 15.1. The molecule has 2 heterocycles. The molecule has 1 aliphatic heterocycles. The van der Waals surface area contributed by atoms with Gasteiger partial charge in [0.2, 0.25) is 11.7 Å². The maximum atomic E-state index is 13.1. The topological polar surface area (TPSA) is 81.0 Å². The van der Waals surface area contributed by atoms with Gasteiger partial charge in [0.05, 0.1) is 25.6 Å². The molecule has 162 valence electrons. The average molecular weight is 441 g/mol. The molecule has 3 aromatic rings. The minimum absolute atomic E-state index is 0.151. The van der Waals surface area contributed by atoms with Crippen LogP contribution in [0.4, 0.5) is 5.69 Å². The minimum atomic E-state index is -0.381. The van der Waals surface area contributed by atoms with Crippen molar-refractivity contribution in [1.82, 2.24) is 4.90 Å². The average Bonchev–Trinajstić information content (AvgIpc) is 3.18. The Balaban J connectivity index is 1.56. The van der Waals surface area contributed by atoms with Crippen molar-refractivity contribution in [3.63, 3.8) is 0 Å². The second-order valence-corrected chi connectivity index (χ2v) is 8.55. The molecular weight excluding hydrogens is 416 g/mol. The van der Waals surface area contributed by atoms with Crippen LogP contribution in [0.15, 0.2) is 57.8 Å². The van der Waals surface area contributed by atoms with Gasteiger partial charge in [0.25, 0.3) is 5.91 Å². The van der Waals surface area contributed by atoms with Gasteiger partial charge in [0.1, 0.15) is 17.0 Å². The quantitative estimate of drug-likeness (QED) is 0.583. The number of anilines is 1. The highest BCUT2D eigenvalue weighted by Crippen LogP contribution is 2.33. The van der Waals surface area contributed by atoms with Crippen LogP contribution in [0.5, 0.6) is 5.75 Å². The predicted molar refractivity (Wildman–Crippen MR) is 120 cm³/mol. The summed E-state index contributed by atoms with van der Waals surface area (Å²) in [5.41, 5.74) is 0.976. The second kappa shape index (κ2) is 9.45. The van der Waals surface area contributed by atoms with Crippen LogP contribution in [0.1, 0.15) is 17.5 Å². The van der Waals surface area contributed by atoms with Crippen molar-refractivity contribution in [2.75, 3.05) is 38.7 Å². The number of para-hydroxylation sites is 1. The summed E-state index contributed by atoms with van der Waals surface area (Å²) in [6.45, 7) is 3.79. The highest BCUT2D eigenvalue weighted by molar-refractivity contribution is 8.00. The van der Waals surface area contributed by atoms with Crippen molar-refractivity contribution < 1.29 is 23.5 Å². The van der Waals surface area contributed by atoms with Crippen LogP contribution >= 0.6 is 11.8 Å². The Morgan fingerprint density at radius 3 is 2.52 bits per heavy atom. The lowest BCUT2D eigenvalue weighted by molar-refractivity contribution is -0.115. The maximum absolute atomic E-state index is 13.1. The highest BCUT2D eigenvalue weighted by atomic mass is 32.2. The van der Waals surface area contributed by atoms with E-state index < -0.39 is 0 Å². The first kappa shape index (κ1) is 21.3. The zero-order valence-corrected chi connectivity index (χ0v) is 18.2. The molecular formula is C23H24N2O5S. The van der Waals surface area contributed by atoms with Crippen LogP contribution in [0.2, 0.25) is 0 Å². The molecule has 0 saturated carbocycles. The zero-order chi connectivity index (χ0) is 21.8. The molecule has 4 rings (SSSR count). The largest absolute Gasteiger partial charge is 0.497 e. The number of amides is 2. The fourth-order valence-corrected chi connectivity index (χ4v) is 4.23. The van der Waals surface area contributed by atoms with Gasteiger partial charge in [0.15, 0.2) is 0 Å². The van der Waals surface area contributed by atoms with E-state index in [0.29, 0.717) is 43.0 Å². The molecule has 1 atom stereocenters. The van der Waals surface area contributed by atoms with Gasteiger partial charge in [-0.2, -0.15) is 0 Å². The van der Waals surface area contributed by atoms with Crippen molar-refractivity contribution in [3.05, 3.63) is 54.3 Å². The summed E-state index contributed by atoms with van der Waals surface area (Å²) in [4.78, 5) is 28.7. The van der Waals surface area contributed by atoms with Crippen LogP contribution < -0.4 is 10.1 Å². The van der Waals surface area contributed by atoms with E-state index in [1.807, 2.05) is 49.4 Å². The molecule has 0 aliphatic carbocycles. The van der Waals surface area contributed by atoms with Crippen LogP contribution in [-0.4, -0.2) is 55.4 Å². The number of rotatable bonds is 6. The van der Waals surface area contributed by atoms with Crippen molar-refractivity contribution in [2.24, 2.45) is 0 Å². The lowest BCUT2D eigenvalue weighted by Crippen LogP contribution is -2.40. The number of hydrogen-bond donors (Lipinski definition) is 1. The number of fused-ring (bicyclic) bond motifs is 1. The Kier molecular flexibility index (Phi) is 6.48. The van der Waals surface area contributed by atoms with Gasteiger partial charge in [-0.05, 0) is 43.3 Å². The standard InChI is InChI=1S/C23H24N2O5S/c1-15(31-17-9-7-16(28-2)8-10-17)22(26)24-20-18-5-3-4-6-19(18)30-21(20)23(27)25-11-13-29-14-12-25/h3-10,15H,11-14H2,1-2H3,(H,24,26). The Labute approximate surface area is 184 Å². The number of benzene rings is 2. The van der Waals surface area contributed by atoms with Gasteiger partial charge >= 0.3 is 0 Å². The van der Waals surface area contributed by atoms with E-state index >= 15 is 0 Å². The summed E-state index contributed by atoms with van der Waals surface area (Å²) in [5, 5.41) is 3.26. The zero-order valence-electron chi connectivity index (χ0n) is 17.4. The summed E-state index contributed by atoms with van der Waals surface area (Å²) in [6, 6.07) is 14.9. The van der Waals surface area contributed by atoms with Crippen LogP contribution in [0.25, 0.3) is 11.0 Å². The lowest BCUT2D eigenvalue weighted by atomic mass is 10.2. The van der Waals surface area contributed by atoms with Crippen LogP contribution in [0.3, 0.4) is 0 Å². The number of morpholine rings is 1.